The molecule has 0 radical (unpaired) electrons. The summed E-state index contributed by atoms with van der Waals surface area (Å²) in [5.41, 5.74) is 2.58. The van der Waals surface area contributed by atoms with Crippen LogP contribution in [0.1, 0.15) is 11.1 Å². The van der Waals surface area contributed by atoms with Crippen LogP contribution in [0.15, 0.2) is 30.3 Å². The Bertz CT molecular complexity index is 334. The summed E-state index contributed by atoms with van der Waals surface area (Å²) >= 11 is 2.33. The van der Waals surface area contributed by atoms with Crippen LogP contribution in [-0.4, -0.2) is 0 Å². The van der Waals surface area contributed by atoms with Gasteiger partial charge in [0.05, 0.1) is 5.56 Å². The first-order chi connectivity index (χ1) is 5.38. The van der Waals surface area contributed by atoms with Crippen molar-refractivity contribution in [3.8, 4) is 0 Å². The first-order valence-electron chi connectivity index (χ1n) is 3.42. The zero-order chi connectivity index (χ0) is 7.68. The van der Waals surface area contributed by atoms with E-state index in [1.807, 2.05) is 18.2 Å². The summed E-state index contributed by atoms with van der Waals surface area (Å²) in [7, 11) is 0. The summed E-state index contributed by atoms with van der Waals surface area (Å²) in [4.78, 5) is 0. The number of rotatable bonds is 0. The first kappa shape index (κ1) is 7.01. The summed E-state index contributed by atoms with van der Waals surface area (Å²) in [6.45, 7) is 0. The molecule has 0 fully saturated rings. The van der Waals surface area contributed by atoms with Crippen molar-refractivity contribution < 1.29 is 0 Å². The molecule has 0 spiro atoms. The minimum Gasteiger partial charge on any atom is -0.0580 e. The Morgan fingerprint density at radius 2 is 2.00 bits per heavy atom. The number of fused-ring (bicyclic) bond motifs is 1. The zero-order valence-corrected chi connectivity index (χ0v) is 8.00. The lowest BCUT2D eigenvalue weighted by Gasteiger charge is -1.97. The molecule has 2 rings (SSSR count). The van der Waals surface area contributed by atoms with Crippen LogP contribution in [-0.2, 0) is 0 Å². The van der Waals surface area contributed by atoms with Gasteiger partial charge in [-0.05, 0) is 12.1 Å². The van der Waals surface area contributed by atoms with Gasteiger partial charge < -0.3 is 0 Å². The highest BCUT2D eigenvalue weighted by atomic mass is 127. The Morgan fingerprint density at radius 1 is 1.18 bits per heavy atom. The molecule has 0 aliphatic heterocycles. The Kier molecular flexibility index (Phi) is 1.76. The second-order valence-electron chi connectivity index (χ2n) is 2.39. The van der Waals surface area contributed by atoms with Crippen LogP contribution in [0.3, 0.4) is 0 Å². The van der Waals surface area contributed by atoms with E-state index in [1.54, 1.807) is 0 Å². The molecule has 0 saturated heterocycles. The van der Waals surface area contributed by atoms with E-state index in [0.717, 1.165) is 0 Å². The van der Waals surface area contributed by atoms with Gasteiger partial charge in [0.2, 0.25) is 0 Å². The van der Waals surface area contributed by atoms with Crippen molar-refractivity contribution in [2.75, 3.05) is 0 Å². The van der Waals surface area contributed by atoms with Crippen LogP contribution >= 0.6 is 22.6 Å². The van der Waals surface area contributed by atoms with E-state index in [4.69, 9.17) is 0 Å². The molecule has 0 aromatic heterocycles. The molecular formula is C10H6I+. The summed E-state index contributed by atoms with van der Waals surface area (Å²) < 4.78 is 1.26. The van der Waals surface area contributed by atoms with Crippen LogP contribution in [0.25, 0.3) is 9.66 Å². The van der Waals surface area contributed by atoms with E-state index in [0.29, 0.717) is 0 Å². The highest BCUT2D eigenvalue weighted by Gasteiger charge is 2.14. The molecule has 0 heterocycles. The summed E-state index contributed by atoms with van der Waals surface area (Å²) in [5, 5.41) is 0. The number of halogens is 1. The lowest BCUT2D eigenvalue weighted by atomic mass is 10.0. The summed E-state index contributed by atoms with van der Waals surface area (Å²) in [5.74, 6) is 0. The molecule has 1 aliphatic carbocycles. The standard InChI is InChI=1S/C10H6I/c11-10-7-3-5-8-4-1-2-6-9(8)10/h1-2,4-7H/q+1. The number of hydrogen-bond acceptors (Lipinski definition) is 0. The van der Waals surface area contributed by atoms with Crippen LogP contribution in [0, 0.1) is 6.08 Å². The maximum absolute atomic E-state index is 3.10. The highest BCUT2D eigenvalue weighted by Crippen LogP contribution is 2.28. The largest absolute Gasteiger partial charge is 0.131 e. The van der Waals surface area contributed by atoms with Crippen molar-refractivity contribution in [2.45, 2.75) is 0 Å². The fourth-order valence-electron chi connectivity index (χ4n) is 1.12. The Morgan fingerprint density at radius 3 is 2.82 bits per heavy atom. The van der Waals surface area contributed by atoms with Crippen molar-refractivity contribution >= 4 is 32.2 Å². The predicted octanol–water partition coefficient (Wildman–Crippen LogP) is 3.29. The van der Waals surface area contributed by atoms with E-state index in [-0.39, 0.29) is 0 Å². The lowest BCUT2D eigenvalue weighted by Crippen LogP contribution is -1.85. The Labute approximate surface area is 79.8 Å². The summed E-state index contributed by atoms with van der Waals surface area (Å²) in [6, 6.07) is 8.34. The fraction of sp³-hybridized carbons (Fsp3) is 0. The van der Waals surface area contributed by atoms with E-state index in [9.17, 15) is 0 Å². The van der Waals surface area contributed by atoms with Gasteiger partial charge in [-0.3, -0.25) is 0 Å². The SMILES string of the molecule is IC1=C[C+]=Cc2ccccc21. The lowest BCUT2D eigenvalue weighted by molar-refractivity contribution is 1.58. The zero-order valence-electron chi connectivity index (χ0n) is 5.84. The molecule has 1 aromatic rings. The Balaban J connectivity index is 2.67. The van der Waals surface area contributed by atoms with E-state index in [1.165, 1.54) is 14.7 Å². The van der Waals surface area contributed by atoms with Crippen molar-refractivity contribution in [2.24, 2.45) is 0 Å². The maximum Gasteiger partial charge on any atom is 0.131 e. The summed E-state index contributed by atoms with van der Waals surface area (Å²) in [6.07, 6.45) is 7.11. The second-order valence-corrected chi connectivity index (χ2v) is 3.55. The topological polar surface area (TPSA) is 0 Å². The van der Waals surface area contributed by atoms with Gasteiger partial charge in [-0.1, -0.05) is 6.07 Å². The molecule has 0 nitrogen and oxygen atoms in total. The van der Waals surface area contributed by atoms with E-state index in [2.05, 4.69) is 46.9 Å². The molecule has 11 heavy (non-hydrogen) atoms. The molecule has 0 bridgehead atoms. The normalized spacial score (nSPS) is 13.4. The second kappa shape index (κ2) is 2.76. The minimum atomic E-state index is 1.26. The molecule has 1 heteroatoms. The third-order valence-corrected chi connectivity index (χ3v) is 2.56. The van der Waals surface area contributed by atoms with Crippen molar-refractivity contribution in [3.63, 3.8) is 0 Å². The molecule has 0 unspecified atom stereocenters. The van der Waals surface area contributed by atoms with E-state index < -0.39 is 0 Å². The molecule has 0 saturated carbocycles. The van der Waals surface area contributed by atoms with Gasteiger partial charge in [-0.25, -0.2) is 0 Å². The molecule has 1 aromatic carbocycles. The molecule has 0 N–H and O–H groups in total. The Hall–Kier alpha value is -0.660. The van der Waals surface area contributed by atoms with Crippen LogP contribution in [0.4, 0.5) is 0 Å². The van der Waals surface area contributed by atoms with Crippen molar-refractivity contribution in [3.05, 3.63) is 47.5 Å². The first-order valence-corrected chi connectivity index (χ1v) is 4.50. The van der Waals surface area contributed by atoms with Gasteiger partial charge >= 0.3 is 0 Å². The van der Waals surface area contributed by atoms with E-state index >= 15 is 0 Å². The molecule has 0 amide bonds. The van der Waals surface area contributed by atoms with Gasteiger partial charge in [-0.15, -0.1) is 0 Å². The van der Waals surface area contributed by atoms with Gasteiger partial charge in [0.15, 0.2) is 0 Å². The average Bonchev–Trinajstić information content (AvgIpc) is 2.06. The quantitative estimate of drug-likeness (QED) is 0.491. The third kappa shape index (κ3) is 1.22. The smallest absolute Gasteiger partial charge is 0.0580 e. The highest BCUT2D eigenvalue weighted by molar-refractivity contribution is 14.1. The van der Waals surface area contributed by atoms with Crippen LogP contribution in [0.2, 0.25) is 0 Å². The van der Waals surface area contributed by atoms with Gasteiger partial charge in [0.1, 0.15) is 21.3 Å². The number of allylic oxidation sites excluding steroid dienone is 2. The average molecular weight is 253 g/mol. The maximum atomic E-state index is 3.10. The number of benzene rings is 1. The predicted molar refractivity (Wildman–Crippen MR) is 56.1 cm³/mol. The minimum absolute atomic E-state index is 1.26. The number of hydrogen-bond donors (Lipinski definition) is 0. The molecule has 0 atom stereocenters. The fourth-order valence-corrected chi connectivity index (χ4v) is 1.79. The molecule has 1 aliphatic rings. The molecular weight excluding hydrogens is 247 g/mol. The van der Waals surface area contributed by atoms with Gasteiger partial charge in [-0.2, -0.15) is 0 Å². The monoisotopic (exact) mass is 253 g/mol. The van der Waals surface area contributed by atoms with Crippen molar-refractivity contribution in [1.82, 2.24) is 0 Å². The van der Waals surface area contributed by atoms with Crippen LogP contribution < -0.4 is 0 Å². The van der Waals surface area contributed by atoms with Gasteiger partial charge in [0, 0.05) is 34.7 Å². The van der Waals surface area contributed by atoms with Gasteiger partial charge in [0.25, 0.3) is 0 Å². The van der Waals surface area contributed by atoms with Crippen LogP contribution in [0.5, 0.6) is 0 Å². The molecule has 52 valence electrons. The van der Waals surface area contributed by atoms with Crippen molar-refractivity contribution in [1.29, 1.82) is 0 Å². The third-order valence-electron chi connectivity index (χ3n) is 1.67.